The number of hydrogen-bond donors (Lipinski definition) is 0. The molecule has 1 atom stereocenters. The molecule has 4 nitrogen and oxygen atoms in total. The van der Waals surface area contributed by atoms with Crippen molar-refractivity contribution >= 4 is 93.2 Å². The van der Waals surface area contributed by atoms with E-state index >= 15 is 0 Å². The van der Waals surface area contributed by atoms with Gasteiger partial charge in [-0.05, 0) is 120 Å². The molecule has 0 fully saturated rings. The van der Waals surface area contributed by atoms with E-state index in [1.165, 1.54) is 49.3 Å². The number of allylic oxidation sites excluding steroid dienone is 10. The molecule has 4 aromatic heterocycles. The van der Waals surface area contributed by atoms with E-state index in [0.29, 0.717) is 5.92 Å². The number of benzene rings is 8. The highest BCUT2D eigenvalue weighted by Crippen LogP contribution is 2.46. The monoisotopic (exact) mass is 890 g/mol. The fourth-order valence-electron chi connectivity index (χ4n) is 11.4. The smallest absolute Gasteiger partial charge is 0.159 e. The fourth-order valence-corrected chi connectivity index (χ4v) is 11.4. The lowest BCUT2D eigenvalue weighted by molar-refractivity contribution is 0.666. The second-order valence-corrected chi connectivity index (χ2v) is 18.1. The summed E-state index contributed by atoms with van der Waals surface area (Å²) in [5.41, 5.74) is 16.9. The maximum absolute atomic E-state index is 6.76. The molecule has 0 radical (unpaired) electrons. The quantitative estimate of drug-likeness (QED) is 0.161. The number of furan rings is 2. The molecule has 332 valence electrons. The molecule has 0 N–H and O–H groups in total. The summed E-state index contributed by atoms with van der Waals surface area (Å²) >= 11 is 0. The van der Waals surface area contributed by atoms with Crippen LogP contribution < -0.4 is 0 Å². The van der Waals surface area contributed by atoms with E-state index in [2.05, 4.69) is 209 Å². The lowest BCUT2D eigenvalue weighted by Gasteiger charge is -2.16. The molecule has 12 aromatic rings. The van der Waals surface area contributed by atoms with Crippen LogP contribution >= 0.6 is 0 Å². The maximum Gasteiger partial charge on any atom is 0.159 e. The first-order valence-electron chi connectivity index (χ1n) is 24.6. The van der Waals surface area contributed by atoms with Gasteiger partial charge >= 0.3 is 0 Å². The minimum absolute atomic E-state index is 0.459. The van der Waals surface area contributed by atoms with Crippen LogP contribution in [0.2, 0.25) is 0 Å². The van der Waals surface area contributed by atoms with Crippen molar-refractivity contribution in [1.29, 1.82) is 0 Å². The van der Waals surface area contributed by atoms with Crippen LogP contribution in [0.5, 0.6) is 0 Å². The van der Waals surface area contributed by atoms with Gasteiger partial charge in [0.1, 0.15) is 16.7 Å². The average molecular weight is 891 g/mol. The first-order valence-corrected chi connectivity index (χ1v) is 24.6. The van der Waals surface area contributed by atoms with Crippen molar-refractivity contribution in [2.45, 2.75) is 45.4 Å². The second kappa shape index (κ2) is 16.8. The summed E-state index contributed by atoms with van der Waals surface area (Å²) in [6, 6.07) is 61.2. The SMILES string of the molecule is C1=CC(n2c3ccccc3c3c4c5cc(-c6cccc7oc8ccccc8c67)ccc5n(-c5cccc6c5oc5ccccc56)c4ccc32)=CC=C(/C2=C/CCC(c3ccccc3)/C=C\C2)C1.CC. The molecule has 0 bridgehead atoms. The minimum atomic E-state index is 0.459. The number of nitrogens with zero attached hydrogens (tertiary/aromatic N) is 2. The van der Waals surface area contributed by atoms with Crippen molar-refractivity contribution in [1.82, 2.24) is 9.13 Å². The van der Waals surface area contributed by atoms with Gasteiger partial charge in [0.05, 0.1) is 27.8 Å². The summed E-state index contributed by atoms with van der Waals surface area (Å²) in [6.45, 7) is 4.00. The van der Waals surface area contributed by atoms with Crippen LogP contribution in [0.25, 0.3) is 110 Å². The van der Waals surface area contributed by atoms with Gasteiger partial charge in [0.25, 0.3) is 0 Å². The molecule has 4 heterocycles. The number of aromatic nitrogens is 2. The highest BCUT2D eigenvalue weighted by molar-refractivity contribution is 6.30. The zero-order valence-electron chi connectivity index (χ0n) is 38.8. The Hall–Kier alpha value is -8.34. The second-order valence-electron chi connectivity index (χ2n) is 18.1. The zero-order valence-corrected chi connectivity index (χ0v) is 38.8. The van der Waals surface area contributed by atoms with E-state index in [4.69, 9.17) is 8.83 Å². The maximum atomic E-state index is 6.76. The van der Waals surface area contributed by atoms with Crippen LogP contribution in [0.1, 0.15) is 51.0 Å². The van der Waals surface area contributed by atoms with Crippen LogP contribution in [0.4, 0.5) is 0 Å². The molecule has 0 spiro atoms. The third kappa shape index (κ3) is 6.58. The van der Waals surface area contributed by atoms with E-state index in [1.807, 2.05) is 26.0 Å². The predicted molar refractivity (Wildman–Crippen MR) is 291 cm³/mol. The number of rotatable bonds is 5. The lowest BCUT2D eigenvalue weighted by Crippen LogP contribution is -1.98. The van der Waals surface area contributed by atoms with Crippen molar-refractivity contribution in [3.63, 3.8) is 0 Å². The van der Waals surface area contributed by atoms with E-state index in [-0.39, 0.29) is 0 Å². The molecule has 14 rings (SSSR count). The summed E-state index contributed by atoms with van der Waals surface area (Å²) in [5.74, 6) is 0.459. The molecular weight excluding hydrogens is 841 g/mol. The van der Waals surface area contributed by atoms with Gasteiger partial charge in [-0.25, -0.2) is 0 Å². The largest absolute Gasteiger partial charge is 0.456 e. The number of hydrogen-bond acceptors (Lipinski definition) is 2. The molecule has 8 aromatic carbocycles. The topological polar surface area (TPSA) is 36.1 Å². The summed E-state index contributed by atoms with van der Waals surface area (Å²) in [5, 5.41) is 9.35. The molecule has 2 aliphatic carbocycles. The van der Waals surface area contributed by atoms with E-state index in [0.717, 1.165) is 103 Å². The Balaban J connectivity index is 0.00000232. The van der Waals surface area contributed by atoms with Crippen molar-refractivity contribution in [3.8, 4) is 16.8 Å². The van der Waals surface area contributed by atoms with E-state index in [1.54, 1.807) is 0 Å². The number of fused-ring (bicyclic) bond motifs is 13. The van der Waals surface area contributed by atoms with Gasteiger partial charge in [-0.15, -0.1) is 0 Å². The normalized spacial score (nSPS) is 16.7. The summed E-state index contributed by atoms with van der Waals surface area (Å²) in [4.78, 5) is 0. The fraction of sp³-hybridized carbons (Fsp3) is 0.108. The van der Waals surface area contributed by atoms with Gasteiger partial charge < -0.3 is 18.0 Å². The van der Waals surface area contributed by atoms with Gasteiger partial charge in [0, 0.05) is 54.7 Å². The van der Waals surface area contributed by atoms with Gasteiger partial charge in [-0.2, -0.15) is 0 Å². The highest BCUT2D eigenvalue weighted by atomic mass is 16.3. The molecule has 0 aliphatic heterocycles. The van der Waals surface area contributed by atoms with Crippen molar-refractivity contribution in [3.05, 3.63) is 229 Å². The average Bonchev–Trinajstić information content (AvgIpc) is 4.10. The Morgan fingerprint density at radius 3 is 2.01 bits per heavy atom. The molecule has 1 unspecified atom stereocenters. The van der Waals surface area contributed by atoms with Crippen LogP contribution in [0, 0.1) is 0 Å². The predicted octanol–water partition coefficient (Wildman–Crippen LogP) is 18.6. The Kier molecular flexibility index (Phi) is 9.94. The van der Waals surface area contributed by atoms with Crippen LogP contribution in [0.15, 0.2) is 232 Å². The first-order chi connectivity index (χ1) is 34.2. The summed E-state index contributed by atoms with van der Waals surface area (Å²) in [7, 11) is 0. The molecule has 0 saturated heterocycles. The van der Waals surface area contributed by atoms with E-state index < -0.39 is 0 Å². The third-order valence-corrected chi connectivity index (χ3v) is 14.5. The van der Waals surface area contributed by atoms with Crippen LogP contribution in [-0.2, 0) is 0 Å². The van der Waals surface area contributed by atoms with Gasteiger partial charge in [0.15, 0.2) is 5.58 Å². The van der Waals surface area contributed by atoms with E-state index in [9.17, 15) is 0 Å². The molecule has 0 saturated carbocycles. The first kappa shape index (κ1) is 40.9. The zero-order chi connectivity index (χ0) is 46.0. The van der Waals surface area contributed by atoms with Crippen LogP contribution in [-0.4, -0.2) is 9.13 Å². The van der Waals surface area contributed by atoms with Crippen molar-refractivity contribution < 1.29 is 8.83 Å². The lowest BCUT2D eigenvalue weighted by atomic mass is 9.89. The minimum Gasteiger partial charge on any atom is -0.456 e. The Bertz CT molecular complexity index is 4160. The number of para-hydroxylation sites is 4. The Morgan fingerprint density at radius 2 is 1.14 bits per heavy atom. The summed E-state index contributed by atoms with van der Waals surface area (Å²) in [6.07, 6.45) is 20.7. The van der Waals surface area contributed by atoms with Crippen LogP contribution in [0.3, 0.4) is 0 Å². The third-order valence-electron chi connectivity index (χ3n) is 14.5. The molecule has 4 heteroatoms. The van der Waals surface area contributed by atoms with Crippen molar-refractivity contribution in [2.75, 3.05) is 0 Å². The Labute approximate surface area is 400 Å². The Morgan fingerprint density at radius 1 is 0.478 bits per heavy atom. The van der Waals surface area contributed by atoms with Gasteiger partial charge in [-0.3, -0.25) is 0 Å². The van der Waals surface area contributed by atoms with Gasteiger partial charge in [0.2, 0.25) is 0 Å². The molecular formula is C65H50N2O2. The highest BCUT2D eigenvalue weighted by Gasteiger charge is 2.24. The van der Waals surface area contributed by atoms with Crippen molar-refractivity contribution in [2.24, 2.45) is 0 Å². The van der Waals surface area contributed by atoms with Gasteiger partial charge in [-0.1, -0.05) is 159 Å². The standard InChI is InChI=1S/C63H44N2O2.C2H6/c1-2-15-40(16-3-1)41-17-10-19-42(20-11-18-41)43-21-12-22-45(35-33-43)64-52-28-7-4-24-49(52)61-54(64)37-38-55-62(61)51-39-44(46-26-14-32-59-60(46)50-25-6-9-31-58(50)66-59)34-36-53(51)65(55)56-29-13-27-48-47-23-5-8-30-57(47)67-63(48)56;1-2/h1-10,12-17,20,22-39,41H,11,18-19,21H2;1-2H3/b17-10-,42-20+;. The molecule has 2 aliphatic rings. The molecule has 69 heavy (non-hydrogen) atoms. The summed E-state index contributed by atoms with van der Waals surface area (Å²) < 4.78 is 18.1. The molecule has 0 amide bonds.